The van der Waals surface area contributed by atoms with Crippen LogP contribution in [-0.2, 0) is 20.7 Å². The molecule has 1 aromatic carbocycles. The Morgan fingerprint density at radius 3 is 2.50 bits per heavy atom. The van der Waals surface area contributed by atoms with Crippen molar-refractivity contribution in [2.45, 2.75) is 20.3 Å². The molecular formula is C22H22N4O5S. The molecule has 0 unspecified atom stereocenters. The van der Waals surface area contributed by atoms with Crippen LogP contribution in [0.1, 0.15) is 26.6 Å². The summed E-state index contributed by atoms with van der Waals surface area (Å²) >= 11 is 1.57. The fraction of sp³-hybridized carbons (Fsp3) is 0.227. The minimum atomic E-state index is -1.20. The van der Waals surface area contributed by atoms with Crippen molar-refractivity contribution in [2.75, 3.05) is 13.2 Å². The van der Waals surface area contributed by atoms with E-state index in [0.29, 0.717) is 24.4 Å². The summed E-state index contributed by atoms with van der Waals surface area (Å²) in [7, 11) is 0. The molecule has 0 aliphatic rings. The van der Waals surface area contributed by atoms with E-state index in [1.165, 1.54) is 0 Å². The molecule has 0 fully saturated rings. The minimum Gasteiger partial charge on any atom is -0.450 e. The first-order chi connectivity index (χ1) is 15.4. The van der Waals surface area contributed by atoms with E-state index in [9.17, 15) is 19.2 Å². The number of nitrogens with zero attached hydrogens (tertiary/aromatic N) is 2. The van der Waals surface area contributed by atoms with Gasteiger partial charge < -0.3 is 10.1 Å². The average Bonchev–Trinajstić information content (AvgIpc) is 3.39. The molecule has 0 atom stereocenters. The first-order valence-corrected chi connectivity index (χ1v) is 10.7. The highest BCUT2D eigenvalue weighted by molar-refractivity contribution is 7.09. The van der Waals surface area contributed by atoms with Crippen LogP contribution < -0.4 is 10.6 Å². The van der Waals surface area contributed by atoms with Gasteiger partial charge in [-0.15, -0.1) is 11.3 Å². The molecule has 3 amide bonds. The first-order valence-electron chi connectivity index (χ1n) is 9.80. The van der Waals surface area contributed by atoms with Gasteiger partial charge in [-0.1, -0.05) is 24.3 Å². The highest BCUT2D eigenvalue weighted by atomic mass is 32.1. The van der Waals surface area contributed by atoms with Gasteiger partial charge in [-0.25, -0.2) is 14.3 Å². The largest absolute Gasteiger partial charge is 0.450 e. The highest BCUT2D eigenvalue weighted by Crippen LogP contribution is 2.18. The average molecular weight is 455 g/mol. The van der Waals surface area contributed by atoms with Crippen LogP contribution in [0.4, 0.5) is 4.79 Å². The highest BCUT2D eigenvalue weighted by Gasteiger charge is 2.27. The summed E-state index contributed by atoms with van der Waals surface area (Å²) in [5.41, 5.74) is 1.70. The first kappa shape index (κ1) is 22.9. The molecule has 0 spiro atoms. The molecule has 0 bridgehead atoms. The molecule has 0 radical (unpaired) electrons. The number of amides is 3. The van der Waals surface area contributed by atoms with Gasteiger partial charge in [-0.2, -0.15) is 5.10 Å². The second-order valence-electron chi connectivity index (χ2n) is 6.83. The lowest BCUT2D eigenvalue weighted by Gasteiger charge is -2.07. The quantitative estimate of drug-likeness (QED) is 0.306. The lowest BCUT2D eigenvalue weighted by atomic mass is 10.1. The van der Waals surface area contributed by atoms with Gasteiger partial charge in [0, 0.05) is 11.4 Å². The number of thiophene rings is 1. The Hall–Kier alpha value is -3.79. The van der Waals surface area contributed by atoms with E-state index in [1.54, 1.807) is 29.9 Å². The molecule has 3 rings (SSSR count). The van der Waals surface area contributed by atoms with E-state index in [4.69, 9.17) is 4.74 Å². The number of rotatable bonds is 8. The number of hydrogen-bond acceptors (Lipinski definition) is 7. The third-order valence-electron chi connectivity index (χ3n) is 4.53. The molecule has 32 heavy (non-hydrogen) atoms. The van der Waals surface area contributed by atoms with Gasteiger partial charge in [-0.05, 0) is 43.8 Å². The van der Waals surface area contributed by atoms with Crippen molar-refractivity contribution in [2.24, 2.45) is 0 Å². The van der Waals surface area contributed by atoms with E-state index in [-0.39, 0.29) is 5.56 Å². The molecular weight excluding hydrogens is 432 g/mol. The summed E-state index contributed by atoms with van der Waals surface area (Å²) in [6.07, 6.45) is 0.637. The van der Waals surface area contributed by atoms with Crippen molar-refractivity contribution in [3.05, 3.63) is 69.7 Å². The van der Waals surface area contributed by atoms with Crippen molar-refractivity contribution in [1.82, 2.24) is 20.4 Å². The maximum absolute atomic E-state index is 12.6. The third-order valence-corrected chi connectivity index (χ3v) is 5.47. The van der Waals surface area contributed by atoms with Crippen LogP contribution in [0.2, 0.25) is 0 Å². The van der Waals surface area contributed by atoms with Gasteiger partial charge in [0.25, 0.3) is 11.7 Å². The third kappa shape index (κ3) is 5.67. The number of benzene rings is 1. The molecule has 166 valence electrons. The van der Waals surface area contributed by atoms with Crippen molar-refractivity contribution in [3.63, 3.8) is 0 Å². The Bertz CT molecular complexity index is 1120. The summed E-state index contributed by atoms with van der Waals surface area (Å²) in [4.78, 5) is 49.5. The second kappa shape index (κ2) is 10.5. The van der Waals surface area contributed by atoms with Crippen LogP contribution in [0.3, 0.4) is 0 Å². The lowest BCUT2D eigenvalue weighted by molar-refractivity contribution is -0.143. The summed E-state index contributed by atoms with van der Waals surface area (Å²) in [6, 6.07) is 12.3. The number of nitrogens with one attached hydrogen (secondary N) is 2. The number of Topliss-reactive ketones (excluding diaryl/α,β-unsaturated/α-hetero) is 1. The fourth-order valence-electron chi connectivity index (χ4n) is 3.05. The van der Waals surface area contributed by atoms with E-state index < -0.39 is 30.3 Å². The molecule has 2 heterocycles. The number of aryl methyl sites for hydroxylation is 1. The Kier molecular flexibility index (Phi) is 7.50. The van der Waals surface area contributed by atoms with Gasteiger partial charge in [0.15, 0.2) is 6.61 Å². The molecule has 2 N–H and O–H groups in total. The summed E-state index contributed by atoms with van der Waals surface area (Å²) in [5, 5.41) is 10.8. The van der Waals surface area contributed by atoms with Gasteiger partial charge in [0.05, 0.1) is 22.6 Å². The van der Waals surface area contributed by atoms with E-state index >= 15 is 0 Å². The molecule has 0 saturated carbocycles. The number of carbonyl (C=O) groups is 4. The molecule has 0 saturated heterocycles. The number of ketones is 1. The molecule has 3 aromatic rings. The van der Waals surface area contributed by atoms with Gasteiger partial charge in [0.1, 0.15) is 0 Å². The summed E-state index contributed by atoms with van der Waals surface area (Å²) in [5.74, 6) is -2.94. The fourth-order valence-corrected chi connectivity index (χ4v) is 3.76. The predicted molar refractivity (Wildman–Crippen MR) is 118 cm³/mol. The van der Waals surface area contributed by atoms with Crippen molar-refractivity contribution in [1.29, 1.82) is 0 Å². The minimum absolute atomic E-state index is 0.116. The Morgan fingerprint density at radius 2 is 1.81 bits per heavy atom. The Labute approximate surface area is 188 Å². The monoisotopic (exact) mass is 454 g/mol. The number of hydrogen-bond donors (Lipinski definition) is 2. The number of esters is 1. The Morgan fingerprint density at radius 1 is 1.06 bits per heavy atom. The van der Waals surface area contributed by atoms with Crippen LogP contribution in [0.25, 0.3) is 5.69 Å². The van der Waals surface area contributed by atoms with Gasteiger partial charge in [-0.3, -0.25) is 14.9 Å². The maximum Gasteiger partial charge on any atom is 0.380 e. The lowest BCUT2D eigenvalue weighted by Crippen LogP contribution is -2.42. The van der Waals surface area contributed by atoms with E-state index in [1.807, 2.05) is 47.8 Å². The molecule has 0 aliphatic heterocycles. The Balaban J connectivity index is 1.50. The topological polar surface area (TPSA) is 119 Å². The van der Waals surface area contributed by atoms with Gasteiger partial charge in [0.2, 0.25) is 0 Å². The van der Waals surface area contributed by atoms with E-state index in [0.717, 1.165) is 10.6 Å². The maximum atomic E-state index is 12.6. The second-order valence-corrected chi connectivity index (χ2v) is 7.86. The number of imide groups is 1. The summed E-state index contributed by atoms with van der Waals surface area (Å²) in [6.45, 7) is 2.87. The number of urea groups is 1. The van der Waals surface area contributed by atoms with Crippen LogP contribution in [0.5, 0.6) is 0 Å². The number of para-hydroxylation sites is 1. The number of aromatic nitrogens is 2. The standard InChI is InChI=1S/C22H22N4O5S/c1-14-19(15(2)26(25-14)16-7-4-3-5-8-16)20(28)21(29)31-13-18(27)24-22(30)23-11-10-17-9-6-12-32-17/h3-9,12H,10-11,13H2,1-2H3,(H2,23,24,27,30). The number of ether oxygens (including phenoxy) is 1. The SMILES string of the molecule is Cc1nn(-c2ccccc2)c(C)c1C(=O)C(=O)OCC(=O)NC(=O)NCCc1cccs1. The summed E-state index contributed by atoms with van der Waals surface area (Å²) < 4.78 is 6.35. The molecule has 2 aromatic heterocycles. The van der Waals surface area contributed by atoms with Crippen molar-refractivity contribution >= 4 is 35.0 Å². The van der Waals surface area contributed by atoms with Crippen LogP contribution in [0.15, 0.2) is 47.8 Å². The number of carbonyl (C=O) groups excluding carboxylic acids is 4. The zero-order valence-electron chi connectivity index (χ0n) is 17.6. The molecule has 0 aliphatic carbocycles. The molecule has 9 nitrogen and oxygen atoms in total. The van der Waals surface area contributed by atoms with Gasteiger partial charge >= 0.3 is 12.0 Å². The van der Waals surface area contributed by atoms with Crippen molar-refractivity contribution in [3.8, 4) is 5.69 Å². The van der Waals surface area contributed by atoms with E-state index in [2.05, 4.69) is 15.7 Å². The zero-order chi connectivity index (χ0) is 23.1. The van der Waals surface area contributed by atoms with Crippen LogP contribution >= 0.6 is 11.3 Å². The van der Waals surface area contributed by atoms with Crippen LogP contribution in [-0.4, -0.2) is 46.6 Å². The molecule has 10 heteroatoms. The van der Waals surface area contributed by atoms with Crippen molar-refractivity contribution < 1.29 is 23.9 Å². The smallest absolute Gasteiger partial charge is 0.380 e. The predicted octanol–water partition coefficient (Wildman–Crippen LogP) is 2.35. The zero-order valence-corrected chi connectivity index (χ0v) is 18.4. The normalized spacial score (nSPS) is 10.4. The van der Waals surface area contributed by atoms with Crippen LogP contribution in [0, 0.1) is 13.8 Å².